The molecule has 5 heteroatoms. The maximum atomic E-state index is 11.9. The molecular weight excluding hydrogens is 234 g/mol. The van der Waals surface area contributed by atoms with Crippen LogP contribution in [0.5, 0.6) is 0 Å². The SMILES string of the molecule is CCOC(=O)C1CCCCN1C(=O)OCC(C)C. The summed E-state index contributed by atoms with van der Waals surface area (Å²) in [4.78, 5) is 25.2. The standard InChI is InChI=1S/C13H23NO4/c1-4-17-12(15)11-7-5-6-8-14(11)13(16)18-9-10(2)3/h10-11H,4-9H2,1-3H3. The van der Waals surface area contributed by atoms with Gasteiger partial charge in [0.1, 0.15) is 6.04 Å². The van der Waals surface area contributed by atoms with E-state index in [0.29, 0.717) is 32.1 Å². The van der Waals surface area contributed by atoms with Crippen molar-refractivity contribution < 1.29 is 19.1 Å². The highest BCUT2D eigenvalue weighted by Gasteiger charge is 2.34. The molecule has 0 radical (unpaired) electrons. The molecule has 0 aliphatic carbocycles. The van der Waals surface area contributed by atoms with Gasteiger partial charge in [0, 0.05) is 6.54 Å². The molecule has 5 nitrogen and oxygen atoms in total. The molecular formula is C13H23NO4. The quantitative estimate of drug-likeness (QED) is 0.724. The van der Waals surface area contributed by atoms with Crippen molar-refractivity contribution >= 4 is 12.1 Å². The predicted octanol–water partition coefficient (Wildman–Crippen LogP) is 2.20. The number of esters is 1. The minimum Gasteiger partial charge on any atom is -0.464 e. The van der Waals surface area contributed by atoms with Gasteiger partial charge in [-0.2, -0.15) is 0 Å². The maximum Gasteiger partial charge on any atom is 0.410 e. The van der Waals surface area contributed by atoms with E-state index in [1.807, 2.05) is 13.8 Å². The molecule has 104 valence electrons. The fraction of sp³-hybridized carbons (Fsp3) is 0.846. The number of likely N-dealkylation sites (tertiary alicyclic amines) is 1. The Morgan fingerprint density at radius 1 is 1.28 bits per heavy atom. The van der Waals surface area contributed by atoms with Crippen molar-refractivity contribution in [2.45, 2.75) is 46.1 Å². The molecule has 0 N–H and O–H groups in total. The highest BCUT2D eigenvalue weighted by molar-refractivity contribution is 5.81. The number of carbonyl (C=O) groups excluding carboxylic acids is 2. The monoisotopic (exact) mass is 257 g/mol. The molecule has 1 unspecified atom stereocenters. The third-order valence-electron chi connectivity index (χ3n) is 2.84. The first-order valence-electron chi connectivity index (χ1n) is 6.66. The number of nitrogens with zero attached hydrogens (tertiary/aromatic N) is 1. The van der Waals surface area contributed by atoms with Gasteiger partial charge in [-0.25, -0.2) is 9.59 Å². The molecule has 0 bridgehead atoms. The lowest BCUT2D eigenvalue weighted by Crippen LogP contribution is -2.49. The van der Waals surface area contributed by atoms with Gasteiger partial charge in [0.15, 0.2) is 0 Å². The lowest BCUT2D eigenvalue weighted by atomic mass is 10.0. The van der Waals surface area contributed by atoms with Crippen LogP contribution in [0.25, 0.3) is 0 Å². The summed E-state index contributed by atoms with van der Waals surface area (Å²) in [5.41, 5.74) is 0. The number of hydrogen-bond acceptors (Lipinski definition) is 4. The maximum absolute atomic E-state index is 11.9. The van der Waals surface area contributed by atoms with E-state index in [4.69, 9.17) is 9.47 Å². The second kappa shape index (κ2) is 7.24. The van der Waals surface area contributed by atoms with Crippen molar-refractivity contribution in [1.29, 1.82) is 0 Å². The lowest BCUT2D eigenvalue weighted by Gasteiger charge is -2.33. The summed E-state index contributed by atoms with van der Waals surface area (Å²) in [7, 11) is 0. The molecule has 1 aliphatic rings. The second-order valence-corrected chi connectivity index (χ2v) is 4.93. The molecule has 1 fully saturated rings. The summed E-state index contributed by atoms with van der Waals surface area (Å²) in [6.45, 7) is 7.01. The van der Waals surface area contributed by atoms with Gasteiger partial charge in [-0.15, -0.1) is 0 Å². The number of amides is 1. The van der Waals surface area contributed by atoms with Gasteiger partial charge in [-0.3, -0.25) is 4.90 Å². The second-order valence-electron chi connectivity index (χ2n) is 4.93. The molecule has 1 rings (SSSR count). The summed E-state index contributed by atoms with van der Waals surface area (Å²) in [5, 5.41) is 0. The molecule has 0 aromatic heterocycles. The van der Waals surface area contributed by atoms with Crippen LogP contribution in [0.2, 0.25) is 0 Å². The molecule has 0 saturated carbocycles. The fourth-order valence-electron chi connectivity index (χ4n) is 1.95. The zero-order valence-corrected chi connectivity index (χ0v) is 11.5. The van der Waals surface area contributed by atoms with E-state index in [9.17, 15) is 9.59 Å². The van der Waals surface area contributed by atoms with Crippen molar-refractivity contribution in [1.82, 2.24) is 4.90 Å². The van der Waals surface area contributed by atoms with Crippen LogP contribution in [0.15, 0.2) is 0 Å². The number of carbonyl (C=O) groups is 2. The van der Waals surface area contributed by atoms with Crippen LogP contribution >= 0.6 is 0 Å². The van der Waals surface area contributed by atoms with Crippen LogP contribution in [0.1, 0.15) is 40.0 Å². The molecule has 1 amide bonds. The van der Waals surface area contributed by atoms with Crippen molar-refractivity contribution in [2.75, 3.05) is 19.8 Å². The van der Waals surface area contributed by atoms with Crippen LogP contribution in [0, 0.1) is 5.92 Å². The van der Waals surface area contributed by atoms with Crippen LogP contribution < -0.4 is 0 Å². The molecule has 0 spiro atoms. The fourth-order valence-corrected chi connectivity index (χ4v) is 1.95. The Kier molecular flexibility index (Phi) is 5.95. The molecule has 1 saturated heterocycles. The molecule has 0 aromatic carbocycles. The summed E-state index contributed by atoms with van der Waals surface area (Å²) >= 11 is 0. The average molecular weight is 257 g/mol. The minimum absolute atomic E-state index is 0.291. The third kappa shape index (κ3) is 4.20. The van der Waals surface area contributed by atoms with Crippen LogP contribution in [0.4, 0.5) is 4.79 Å². The Labute approximate surface area is 108 Å². The van der Waals surface area contributed by atoms with Gasteiger partial charge >= 0.3 is 12.1 Å². The Balaban J connectivity index is 2.58. The topological polar surface area (TPSA) is 55.8 Å². The van der Waals surface area contributed by atoms with Crippen LogP contribution in [-0.2, 0) is 14.3 Å². The van der Waals surface area contributed by atoms with Gasteiger partial charge in [0.25, 0.3) is 0 Å². The number of ether oxygens (including phenoxy) is 2. The largest absolute Gasteiger partial charge is 0.464 e. The Morgan fingerprint density at radius 2 is 2.00 bits per heavy atom. The van der Waals surface area contributed by atoms with Gasteiger partial charge in [0.2, 0.25) is 0 Å². The number of rotatable bonds is 4. The molecule has 18 heavy (non-hydrogen) atoms. The zero-order valence-electron chi connectivity index (χ0n) is 11.5. The van der Waals surface area contributed by atoms with Crippen molar-refractivity contribution in [3.05, 3.63) is 0 Å². The zero-order chi connectivity index (χ0) is 13.5. The molecule has 1 atom stereocenters. The molecule has 1 aliphatic heterocycles. The van der Waals surface area contributed by atoms with Crippen molar-refractivity contribution in [3.8, 4) is 0 Å². The smallest absolute Gasteiger partial charge is 0.410 e. The van der Waals surface area contributed by atoms with Gasteiger partial charge in [-0.1, -0.05) is 13.8 Å². The van der Waals surface area contributed by atoms with Gasteiger partial charge < -0.3 is 9.47 Å². The van der Waals surface area contributed by atoms with Gasteiger partial charge in [-0.05, 0) is 32.1 Å². The first-order chi connectivity index (χ1) is 8.56. The predicted molar refractivity (Wildman–Crippen MR) is 67.2 cm³/mol. The first kappa shape index (κ1) is 14.8. The highest BCUT2D eigenvalue weighted by Crippen LogP contribution is 2.19. The Bertz CT molecular complexity index is 291. The van der Waals surface area contributed by atoms with E-state index in [1.165, 1.54) is 4.90 Å². The van der Waals surface area contributed by atoms with E-state index in [2.05, 4.69) is 0 Å². The van der Waals surface area contributed by atoms with E-state index < -0.39 is 12.1 Å². The molecule has 1 heterocycles. The summed E-state index contributed by atoms with van der Waals surface area (Å²) in [6, 6.07) is -0.474. The van der Waals surface area contributed by atoms with E-state index in [0.717, 1.165) is 12.8 Å². The van der Waals surface area contributed by atoms with Crippen LogP contribution in [-0.4, -0.2) is 42.8 Å². The lowest BCUT2D eigenvalue weighted by molar-refractivity contribution is -0.150. The highest BCUT2D eigenvalue weighted by atomic mass is 16.6. The Morgan fingerprint density at radius 3 is 2.61 bits per heavy atom. The van der Waals surface area contributed by atoms with Crippen molar-refractivity contribution in [2.24, 2.45) is 5.92 Å². The Hall–Kier alpha value is -1.26. The first-order valence-corrected chi connectivity index (χ1v) is 6.66. The van der Waals surface area contributed by atoms with Gasteiger partial charge in [0.05, 0.1) is 13.2 Å². The number of piperidine rings is 1. The number of hydrogen-bond donors (Lipinski definition) is 0. The average Bonchev–Trinajstić information content (AvgIpc) is 2.36. The van der Waals surface area contributed by atoms with E-state index in [-0.39, 0.29) is 5.97 Å². The summed E-state index contributed by atoms with van der Waals surface area (Å²) in [6.07, 6.45) is 2.11. The normalized spacial score (nSPS) is 19.8. The summed E-state index contributed by atoms with van der Waals surface area (Å²) < 4.78 is 10.2. The third-order valence-corrected chi connectivity index (χ3v) is 2.84. The van der Waals surface area contributed by atoms with Crippen molar-refractivity contribution in [3.63, 3.8) is 0 Å². The van der Waals surface area contributed by atoms with Crippen LogP contribution in [0.3, 0.4) is 0 Å². The minimum atomic E-state index is -0.474. The summed E-state index contributed by atoms with van der Waals surface area (Å²) in [5.74, 6) is -0.0292. The van der Waals surface area contributed by atoms with E-state index >= 15 is 0 Å². The van der Waals surface area contributed by atoms with E-state index in [1.54, 1.807) is 6.92 Å². The molecule has 0 aromatic rings.